The minimum Gasteiger partial charge on any atom is -0.357 e. The van der Waals surface area contributed by atoms with E-state index in [-0.39, 0.29) is 5.82 Å². The van der Waals surface area contributed by atoms with Gasteiger partial charge in [-0.25, -0.2) is 4.39 Å². The quantitative estimate of drug-likeness (QED) is 0.399. The van der Waals surface area contributed by atoms with Crippen LogP contribution in [0.3, 0.4) is 0 Å². The number of nitrogens with one attached hydrogen (secondary N) is 2. The van der Waals surface area contributed by atoms with Gasteiger partial charge in [-0.3, -0.25) is 9.98 Å². The van der Waals surface area contributed by atoms with Crippen molar-refractivity contribution in [3.8, 4) is 0 Å². The highest BCUT2D eigenvalue weighted by Gasteiger charge is 2.03. The van der Waals surface area contributed by atoms with Gasteiger partial charge >= 0.3 is 0 Å². The van der Waals surface area contributed by atoms with Crippen molar-refractivity contribution in [2.45, 2.75) is 26.2 Å². The second kappa shape index (κ2) is 10.8. The number of halogens is 2. The third kappa shape index (κ3) is 7.22. The normalized spacial score (nSPS) is 11.4. The molecule has 0 aliphatic carbocycles. The molecule has 0 radical (unpaired) electrons. The summed E-state index contributed by atoms with van der Waals surface area (Å²) in [5, 5.41) is 6.55. The van der Waals surface area contributed by atoms with Crippen LogP contribution in [0, 0.1) is 5.82 Å². The van der Waals surface area contributed by atoms with Gasteiger partial charge in [-0.15, -0.1) is 0 Å². The molecule has 0 atom stereocenters. The van der Waals surface area contributed by atoms with E-state index in [2.05, 4.69) is 42.6 Å². The first-order valence-corrected chi connectivity index (χ1v) is 9.33. The van der Waals surface area contributed by atoms with Crippen molar-refractivity contribution in [2.24, 2.45) is 4.99 Å². The molecule has 4 nitrogen and oxygen atoms in total. The third-order valence-corrected chi connectivity index (χ3v) is 4.16. The zero-order chi connectivity index (χ0) is 17.9. The number of aryl methyl sites for hydroxylation is 1. The Morgan fingerprint density at radius 1 is 1.24 bits per heavy atom. The molecule has 1 aromatic carbocycles. The lowest BCUT2D eigenvalue weighted by molar-refractivity contribution is 0.604. The summed E-state index contributed by atoms with van der Waals surface area (Å²) in [5.74, 6) is 0.627. The van der Waals surface area contributed by atoms with Crippen LogP contribution in [-0.4, -0.2) is 30.6 Å². The molecule has 2 aromatic rings. The summed E-state index contributed by atoms with van der Waals surface area (Å²) in [7, 11) is 0. The van der Waals surface area contributed by atoms with Gasteiger partial charge in [0.2, 0.25) is 0 Å². The lowest BCUT2D eigenvalue weighted by Gasteiger charge is -2.11. The Bertz CT molecular complexity index is 676. The zero-order valence-electron chi connectivity index (χ0n) is 14.4. The van der Waals surface area contributed by atoms with Gasteiger partial charge in [0.1, 0.15) is 5.82 Å². The van der Waals surface area contributed by atoms with Crippen LogP contribution < -0.4 is 10.6 Å². The Balaban J connectivity index is 1.76. The molecule has 0 fully saturated rings. The predicted molar refractivity (Wildman–Crippen MR) is 104 cm³/mol. The molecule has 1 heterocycles. The summed E-state index contributed by atoms with van der Waals surface area (Å²) in [5.41, 5.74) is 1.92. The van der Waals surface area contributed by atoms with Gasteiger partial charge < -0.3 is 10.6 Å². The Morgan fingerprint density at radius 2 is 2.12 bits per heavy atom. The lowest BCUT2D eigenvalue weighted by Crippen LogP contribution is -2.38. The smallest absolute Gasteiger partial charge is 0.191 e. The van der Waals surface area contributed by atoms with Gasteiger partial charge in [-0.1, -0.05) is 28.1 Å². The fraction of sp³-hybridized carbons (Fsp3) is 0.368. The fourth-order valence-electron chi connectivity index (χ4n) is 2.40. The Labute approximate surface area is 157 Å². The maximum atomic E-state index is 13.8. The first kappa shape index (κ1) is 19.4. The second-order valence-electron chi connectivity index (χ2n) is 5.64. The van der Waals surface area contributed by atoms with Crippen molar-refractivity contribution in [2.75, 3.05) is 19.6 Å². The number of guanidine groups is 1. The molecule has 134 valence electrons. The van der Waals surface area contributed by atoms with Gasteiger partial charge in [0.05, 0.1) is 0 Å². The van der Waals surface area contributed by atoms with Crippen molar-refractivity contribution in [3.63, 3.8) is 0 Å². The Kier molecular flexibility index (Phi) is 8.39. The van der Waals surface area contributed by atoms with Gasteiger partial charge in [-0.05, 0) is 55.5 Å². The van der Waals surface area contributed by atoms with E-state index in [4.69, 9.17) is 0 Å². The SMILES string of the molecule is CCNC(=NCCCc1ccc(Br)cc1F)NCCc1cccnc1. The molecule has 0 aliphatic rings. The Morgan fingerprint density at radius 3 is 2.84 bits per heavy atom. The van der Waals surface area contributed by atoms with Gasteiger partial charge in [-0.2, -0.15) is 0 Å². The van der Waals surface area contributed by atoms with Crippen molar-refractivity contribution in [3.05, 3.63) is 64.1 Å². The van der Waals surface area contributed by atoms with E-state index in [0.29, 0.717) is 13.0 Å². The highest BCUT2D eigenvalue weighted by Crippen LogP contribution is 2.16. The first-order valence-electron chi connectivity index (χ1n) is 8.54. The third-order valence-electron chi connectivity index (χ3n) is 3.66. The molecule has 0 aliphatic heterocycles. The number of hydrogen-bond acceptors (Lipinski definition) is 2. The molecular weight excluding hydrogens is 383 g/mol. The maximum absolute atomic E-state index is 13.8. The summed E-state index contributed by atoms with van der Waals surface area (Å²) in [6, 6.07) is 9.19. The molecule has 6 heteroatoms. The van der Waals surface area contributed by atoms with E-state index in [1.54, 1.807) is 6.20 Å². The van der Waals surface area contributed by atoms with Gasteiger partial charge in [0.15, 0.2) is 5.96 Å². The molecule has 0 saturated heterocycles. The van der Waals surface area contributed by atoms with Crippen LogP contribution in [0.5, 0.6) is 0 Å². The van der Waals surface area contributed by atoms with E-state index >= 15 is 0 Å². The molecule has 0 unspecified atom stereocenters. The summed E-state index contributed by atoms with van der Waals surface area (Å²) in [6.07, 6.45) is 6.02. The molecule has 2 N–H and O–H groups in total. The number of aliphatic imine (C=N–C) groups is 1. The van der Waals surface area contributed by atoms with Crippen LogP contribution in [0.4, 0.5) is 4.39 Å². The van der Waals surface area contributed by atoms with Crippen molar-refractivity contribution in [1.29, 1.82) is 0 Å². The molecule has 0 amide bonds. The molecule has 0 spiro atoms. The standard InChI is InChI=1S/C19H24BrFN4/c1-2-23-19(25-12-9-15-5-3-10-22-14-15)24-11-4-6-16-7-8-17(20)13-18(16)21/h3,5,7-8,10,13-14H,2,4,6,9,11-12H2,1H3,(H2,23,24,25). The highest BCUT2D eigenvalue weighted by molar-refractivity contribution is 9.10. The number of aromatic nitrogens is 1. The average Bonchev–Trinajstić information content (AvgIpc) is 2.61. The van der Waals surface area contributed by atoms with Crippen LogP contribution in [-0.2, 0) is 12.8 Å². The van der Waals surface area contributed by atoms with E-state index in [9.17, 15) is 4.39 Å². The first-order chi connectivity index (χ1) is 12.2. The van der Waals surface area contributed by atoms with Crippen molar-refractivity contribution >= 4 is 21.9 Å². The van der Waals surface area contributed by atoms with Crippen LogP contribution in [0.25, 0.3) is 0 Å². The van der Waals surface area contributed by atoms with Crippen LogP contribution in [0.1, 0.15) is 24.5 Å². The number of pyridine rings is 1. The highest BCUT2D eigenvalue weighted by atomic mass is 79.9. The molecule has 0 saturated carbocycles. The van der Waals surface area contributed by atoms with Crippen molar-refractivity contribution < 1.29 is 4.39 Å². The van der Waals surface area contributed by atoms with E-state index < -0.39 is 0 Å². The predicted octanol–water partition coefficient (Wildman–Crippen LogP) is 3.71. The molecular formula is C19H24BrFN4. The number of hydrogen-bond donors (Lipinski definition) is 2. The van der Waals surface area contributed by atoms with E-state index in [0.717, 1.165) is 41.9 Å². The number of rotatable bonds is 8. The average molecular weight is 407 g/mol. The minimum absolute atomic E-state index is 0.167. The fourth-order valence-corrected chi connectivity index (χ4v) is 2.73. The number of benzene rings is 1. The molecule has 2 rings (SSSR count). The number of nitrogens with zero attached hydrogens (tertiary/aromatic N) is 2. The van der Waals surface area contributed by atoms with Crippen molar-refractivity contribution in [1.82, 2.24) is 15.6 Å². The summed E-state index contributed by atoms with van der Waals surface area (Å²) >= 11 is 3.27. The molecule has 0 bridgehead atoms. The lowest BCUT2D eigenvalue weighted by atomic mass is 10.1. The second-order valence-corrected chi connectivity index (χ2v) is 6.55. The van der Waals surface area contributed by atoms with Gasteiger partial charge in [0.25, 0.3) is 0 Å². The van der Waals surface area contributed by atoms with E-state index in [1.165, 1.54) is 11.6 Å². The molecule has 1 aromatic heterocycles. The van der Waals surface area contributed by atoms with Crippen LogP contribution in [0.15, 0.2) is 52.2 Å². The zero-order valence-corrected chi connectivity index (χ0v) is 16.0. The van der Waals surface area contributed by atoms with Crippen LogP contribution >= 0.6 is 15.9 Å². The van der Waals surface area contributed by atoms with E-state index in [1.807, 2.05) is 31.3 Å². The monoisotopic (exact) mass is 406 g/mol. The minimum atomic E-state index is -0.167. The topological polar surface area (TPSA) is 49.3 Å². The largest absolute Gasteiger partial charge is 0.357 e. The summed E-state index contributed by atoms with van der Waals surface area (Å²) in [6.45, 7) is 4.28. The van der Waals surface area contributed by atoms with Crippen LogP contribution in [0.2, 0.25) is 0 Å². The summed E-state index contributed by atoms with van der Waals surface area (Å²) < 4.78 is 14.6. The molecule has 25 heavy (non-hydrogen) atoms. The Hall–Kier alpha value is -1.95. The summed E-state index contributed by atoms with van der Waals surface area (Å²) in [4.78, 5) is 8.67. The van der Waals surface area contributed by atoms with Gasteiger partial charge in [0, 0.05) is 36.5 Å². The maximum Gasteiger partial charge on any atom is 0.191 e.